The van der Waals surface area contributed by atoms with Gasteiger partial charge in [-0.05, 0) is 25.5 Å². The Balaban J connectivity index is 2.36. The van der Waals surface area contributed by atoms with E-state index in [-0.39, 0.29) is 11.6 Å². The van der Waals surface area contributed by atoms with E-state index in [1.807, 2.05) is 6.92 Å². The Morgan fingerprint density at radius 3 is 2.78 bits per heavy atom. The van der Waals surface area contributed by atoms with Crippen molar-refractivity contribution in [2.24, 2.45) is 0 Å². The van der Waals surface area contributed by atoms with Gasteiger partial charge in [-0.2, -0.15) is 0 Å². The van der Waals surface area contributed by atoms with Crippen molar-refractivity contribution in [2.75, 3.05) is 5.73 Å². The number of para-hydroxylation sites is 1. The van der Waals surface area contributed by atoms with Crippen molar-refractivity contribution >= 4 is 26.6 Å². The Hall–Kier alpha value is -1.56. The Bertz CT molecular complexity index is 661. The van der Waals surface area contributed by atoms with Crippen molar-refractivity contribution in [1.82, 2.24) is 4.98 Å². The van der Waals surface area contributed by atoms with Crippen molar-refractivity contribution in [3.63, 3.8) is 0 Å². The largest absolute Gasteiger partial charge is 0.439 e. The molecule has 1 aromatic heterocycles. The number of sulfone groups is 1. The lowest BCUT2D eigenvalue weighted by atomic mass is 10.3. The first-order chi connectivity index (χ1) is 8.44. The van der Waals surface area contributed by atoms with Gasteiger partial charge in [0.2, 0.25) is 5.89 Å². The molecule has 5 nitrogen and oxygen atoms in total. The predicted octanol–water partition coefficient (Wildman–Crippen LogP) is 2.12. The molecule has 0 aliphatic rings. The van der Waals surface area contributed by atoms with Crippen LogP contribution < -0.4 is 5.73 Å². The molecule has 1 heterocycles. The second-order valence-electron chi connectivity index (χ2n) is 4.33. The van der Waals surface area contributed by atoms with Gasteiger partial charge in [0.25, 0.3) is 0 Å². The molecule has 0 radical (unpaired) electrons. The molecular weight excluding hydrogens is 252 g/mol. The maximum Gasteiger partial charge on any atom is 0.210 e. The lowest BCUT2D eigenvalue weighted by Crippen LogP contribution is -2.18. The van der Waals surface area contributed by atoms with Gasteiger partial charge >= 0.3 is 0 Å². The highest BCUT2D eigenvalue weighted by Crippen LogP contribution is 2.23. The van der Waals surface area contributed by atoms with Crippen LogP contribution in [0.2, 0.25) is 0 Å². The molecule has 0 aliphatic heterocycles. The fourth-order valence-electron chi connectivity index (χ4n) is 1.65. The van der Waals surface area contributed by atoms with E-state index in [4.69, 9.17) is 10.2 Å². The molecule has 0 fully saturated rings. The van der Waals surface area contributed by atoms with Crippen LogP contribution in [0, 0.1) is 0 Å². The monoisotopic (exact) mass is 268 g/mol. The number of benzene rings is 1. The summed E-state index contributed by atoms with van der Waals surface area (Å²) >= 11 is 0. The highest BCUT2D eigenvalue weighted by atomic mass is 32.2. The topological polar surface area (TPSA) is 86.2 Å². The van der Waals surface area contributed by atoms with Crippen LogP contribution in [0.25, 0.3) is 11.1 Å². The number of hydrogen-bond acceptors (Lipinski definition) is 5. The van der Waals surface area contributed by atoms with Crippen molar-refractivity contribution in [3.8, 4) is 0 Å². The van der Waals surface area contributed by atoms with Crippen molar-refractivity contribution in [1.29, 1.82) is 0 Å². The van der Waals surface area contributed by atoms with Gasteiger partial charge in [0.15, 0.2) is 15.4 Å². The summed E-state index contributed by atoms with van der Waals surface area (Å²) in [7, 11) is -3.22. The van der Waals surface area contributed by atoms with E-state index in [9.17, 15) is 8.42 Å². The molecule has 1 aromatic carbocycles. The molecule has 0 bridgehead atoms. The minimum atomic E-state index is -3.22. The maximum atomic E-state index is 12.0. The van der Waals surface area contributed by atoms with Crippen LogP contribution in [0.1, 0.15) is 26.2 Å². The van der Waals surface area contributed by atoms with Gasteiger partial charge in [-0.3, -0.25) is 0 Å². The number of fused-ring (bicyclic) bond motifs is 1. The summed E-state index contributed by atoms with van der Waals surface area (Å²) in [5.41, 5.74) is 7.27. The van der Waals surface area contributed by atoms with Crippen molar-refractivity contribution in [3.05, 3.63) is 24.1 Å². The number of anilines is 1. The Labute approximate surface area is 106 Å². The molecule has 98 valence electrons. The number of aromatic nitrogens is 1. The minimum Gasteiger partial charge on any atom is -0.439 e. The normalized spacial score (nSPS) is 13.9. The second kappa shape index (κ2) is 4.61. The third kappa shape index (κ3) is 2.33. The van der Waals surface area contributed by atoms with Crippen LogP contribution in [-0.2, 0) is 15.6 Å². The third-order valence-electron chi connectivity index (χ3n) is 3.01. The zero-order valence-electron chi connectivity index (χ0n) is 10.4. The summed E-state index contributed by atoms with van der Waals surface area (Å²) in [6, 6.07) is 5.17. The number of oxazole rings is 1. The fourth-order valence-corrected chi connectivity index (χ4v) is 2.91. The molecule has 0 amide bonds. The standard InChI is InChI=1S/C12H16N2O3S/c1-3-8(2)18(15,16)7-11-14-12-9(13)5-4-6-10(12)17-11/h4-6,8H,3,7,13H2,1-2H3. The van der Waals surface area contributed by atoms with Crippen LogP contribution in [0.5, 0.6) is 0 Å². The zero-order chi connectivity index (χ0) is 13.3. The van der Waals surface area contributed by atoms with Gasteiger partial charge in [-0.15, -0.1) is 0 Å². The van der Waals surface area contributed by atoms with Gasteiger partial charge in [0.05, 0.1) is 10.9 Å². The fraction of sp³-hybridized carbons (Fsp3) is 0.417. The van der Waals surface area contributed by atoms with Gasteiger partial charge in [0.1, 0.15) is 11.3 Å². The average Bonchev–Trinajstić information content (AvgIpc) is 2.71. The van der Waals surface area contributed by atoms with Crippen LogP contribution in [0.3, 0.4) is 0 Å². The molecular formula is C12H16N2O3S. The summed E-state index contributed by atoms with van der Waals surface area (Å²) in [6.07, 6.45) is 0.574. The molecule has 0 saturated carbocycles. The van der Waals surface area contributed by atoms with E-state index >= 15 is 0 Å². The van der Waals surface area contributed by atoms with Crippen LogP contribution in [-0.4, -0.2) is 18.7 Å². The maximum absolute atomic E-state index is 12.0. The number of nitrogen functional groups attached to an aromatic ring is 1. The van der Waals surface area contributed by atoms with Crippen LogP contribution in [0.15, 0.2) is 22.6 Å². The summed E-state index contributed by atoms with van der Waals surface area (Å²) in [5, 5.41) is -0.398. The summed E-state index contributed by atoms with van der Waals surface area (Å²) in [4.78, 5) is 4.14. The van der Waals surface area contributed by atoms with E-state index in [0.717, 1.165) is 0 Å². The summed E-state index contributed by atoms with van der Waals surface area (Å²) in [6.45, 7) is 3.53. The summed E-state index contributed by atoms with van der Waals surface area (Å²) < 4.78 is 29.3. The summed E-state index contributed by atoms with van der Waals surface area (Å²) in [5.74, 6) is 0.0130. The molecule has 2 aromatic rings. The van der Waals surface area contributed by atoms with E-state index in [1.165, 1.54) is 0 Å². The number of rotatable bonds is 4. The first-order valence-electron chi connectivity index (χ1n) is 5.79. The molecule has 2 rings (SSSR count). The molecule has 1 atom stereocenters. The number of hydrogen-bond donors (Lipinski definition) is 1. The molecule has 0 aliphatic carbocycles. The average molecular weight is 268 g/mol. The molecule has 2 N–H and O–H groups in total. The lowest BCUT2D eigenvalue weighted by Gasteiger charge is -2.07. The molecule has 1 unspecified atom stereocenters. The highest BCUT2D eigenvalue weighted by Gasteiger charge is 2.22. The highest BCUT2D eigenvalue weighted by molar-refractivity contribution is 7.91. The van der Waals surface area contributed by atoms with E-state index in [0.29, 0.717) is 23.2 Å². The lowest BCUT2D eigenvalue weighted by molar-refractivity contribution is 0.535. The molecule has 0 spiro atoms. The first-order valence-corrected chi connectivity index (χ1v) is 7.51. The Morgan fingerprint density at radius 1 is 1.44 bits per heavy atom. The minimum absolute atomic E-state index is 0.184. The van der Waals surface area contributed by atoms with E-state index in [1.54, 1.807) is 25.1 Å². The van der Waals surface area contributed by atoms with Crippen LogP contribution in [0.4, 0.5) is 5.69 Å². The Kier molecular flexibility index (Phi) is 3.30. The van der Waals surface area contributed by atoms with Gasteiger partial charge < -0.3 is 10.2 Å². The molecule has 0 saturated heterocycles. The zero-order valence-corrected chi connectivity index (χ0v) is 11.2. The quantitative estimate of drug-likeness (QED) is 0.858. The second-order valence-corrected chi connectivity index (χ2v) is 6.75. The SMILES string of the molecule is CCC(C)S(=O)(=O)Cc1nc2c(N)cccc2o1. The van der Waals surface area contributed by atoms with Crippen LogP contribution >= 0.6 is 0 Å². The Morgan fingerprint density at radius 2 is 2.17 bits per heavy atom. The van der Waals surface area contributed by atoms with E-state index in [2.05, 4.69) is 4.98 Å². The third-order valence-corrected chi connectivity index (χ3v) is 5.22. The van der Waals surface area contributed by atoms with Crippen molar-refractivity contribution < 1.29 is 12.8 Å². The smallest absolute Gasteiger partial charge is 0.210 e. The van der Waals surface area contributed by atoms with Crippen molar-refractivity contribution in [2.45, 2.75) is 31.3 Å². The predicted molar refractivity (Wildman–Crippen MR) is 70.8 cm³/mol. The first kappa shape index (κ1) is 12.9. The number of nitrogens with two attached hydrogens (primary N) is 1. The number of nitrogens with zero attached hydrogens (tertiary/aromatic N) is 1. The van der Waals surface area contributed by atoms with Gasteiger partial charge in [-0.25, -0.2) is 13.4 Å². The van der Waals surface area contributed by atoms with Gasteiger partial charge in [0, 0.05) is 0 Å². The van der Waals surface area contributed by atoms with Gasteiger partial charge in [-0.1, -0.05) is 13.0 Å². The van der Waals surface area contributed by atoms with E-state index < -0.39 is 15.1 Å². The molecule has 6 heteroatoms. The molecule has 18 heavy (non-hydrogen) atoms.